The van der Waals surface area contributed by atoms with Crippen molar-refractivity contribution in [2.75, 3.05) is 38.2 Å². The van der Waals surface area contributed by atoms with E-state index < -0.39 is 0 Å². The highest BCUT2D eigenvalue weighted by Gasteiger charge is 2.24. The second kappa shape index (κ2) is 6.61. The van der Waals surface area contributed by atoms with Gasteiger partial charge in [0.05, 0.1) is 13.2 Å². The van der Waals surface area contributed by atoms with Crippen molar-refractivity contribution in [3.8, 4) is 5.75 Å². The van der Waals surface area contributed by atoms with Gasteiger partial charge in [0.25, 0.3) is 0 Å². The van der Waals surface area contributed by atoms with Crippen LogP contribution < -0.4 is 15.4 Å². The van der Waals surface area contributed by atoms with Gasteiger partial charge in [0.1, 0.15) is 11.6 Å². The fourth-order valence-corrected chi connectivity index (χ4v) is 2.76. The quantitative estimate of drug-likeness (QED) is 0.632. The lowest BCUT2D eigenvalue weighted by molar-refractivity contribution is 0.222. The molecule has 1 heterocycles. The predicted octanol–water partition coefficient (Wildman–Crippen LogP) is 1.53. The Kier molecular flexibility index (Phi) is 4.84. The van der Waals surface area contributed by atoms with Crippen molar-refractivity contribution >= 4 is 11.5 Å². The molecule has 1 aromatic carbocycles. The minimum absolute atomic E-state index is 0.0908. The van der Waals surface area contributed by atoms with Gasteiger partial charge in [0.2, 0.25) is 0 Å². The number of ether oxygens (including phenoxy) is 1. The second-order valence-electron chi connectivity index (χ2n) is 5.10. The zero-order valence-corrected chi connectivity index (χ0v) is 12.3. The van der Waals surface area contributed by atoms with Crippen molar-refractivity contribution in [3.05, 3.63) is 24.3 Å². The van der Waals surface area contributed by atoms with Crippen LogP contribution in [0, 0.1) is 5.41 Å². The number of nitrogens with two attached hydrogens (primary N) is 1. The van der Waals surface area contributed by atoms with Crippen LogP contribution in [-0.4, -0.2) is 50.1 Å². The Hall–Kier alpha value is -1.75. The zero-order valence-electron chi connectivity index (χ0n) is 12.3. The maximum atomic E-state index is 7.66. The summed E-state index contributed by atoms with van der Waals surface area (Å²) in [6, 6.07) is 8.26. The molecule has 0 aliphatic carbocycles. The van der Waals surface area contributed by atoms with E-state index in [2.05, 4.69) is 28.9 Å². The fourth-order valence-electron chi connectivity index (χ4n) is 2.76. The molecule has 1 fully saturated rings. The van der Waals surface area contributed by atoms with E-state index in [0.29, 0.717) is 0 Å². The monoisotopic (exact) mass is 276 g/mol. The number of anilines is 1. The van der Waals surface area contributed by atoms with Gasteiger partial charge in [-0.1, -0.05) is 6.92 Å². The third kappa shape index (κ3) is 3.22. The lowest BCUT2D eigenvalue weighted by Crippen LogP contribution is -2.53. The lowest BCUT2D eigenvalue weighted by Gasteiger charge is -2.39. The molecule has 0 saturated carbocycles. The van der Waals surface area contributed by atoms with E-state index in [4.69, 9.17) is 15.9 Å². The van der Waals surface area contributed by atoms with Crippen molar-refractivity contribution in [2.45, 2.75) is 19.4 Å². The first-order chi connectivity index (χ1) is 9.65. The SMILES string of the molecule is CCC(C(=N)N)N1CCN(c2ccc(OC)cc2)CC1. The second-order valence-corrected chi connectivity index (χ2v) is 5.10. The summed E-state index contributed by atoms with van der Waals surface area (Å²) in [6.07, 6.45) is 0.901. The Morgan fingerprint density at radius 3 is 2.30 bits per heavy atom. The minimum atomic E-state index is 0.0908. The van der Waals surface area contributed by atoms with Crippen LogP contribution in [0.4, 0.5) is 5.69 Å². The highest BCUT2D eigenvalue weighted by Crippen LogP contribution is 2.21. The average molecular weight is 276 g/mol. The summed E-state index contributed by atoms with van der Waals surface area (Å²) in [5, 5.41) is 7.66. The molecule has 1 aliphatic rings. The van der Waals surface area contributed by atoms with Gasteiger partial charge >= 0.3 is 0 Å². The molecule has 1 unspecified atom stereocenters. The minimum Gasteiger partial charge on any atom is -0.497 e. The van der Waals surface area contributed by atoms with Crippen molar-refractivity contribution in [2.24, 2.45) is 5.73 Å². The van der Waals surface area contributed by atoms with E-state index in [9.17, 15) is 0 Å². The summed E-state index contributed by atoms with van der Waals surface area (Å²) in [5.74, 6) is 1.17. The van der Waals surface area contributed by atoms with Crippen LogP contribution in [0.15, 0.2) is 24.3 Å². The molecule has 5 heteroatoms. The lowest BCUT2D eigenvalue weighted by atomic mass is 10.1. The smallest absolute Gasteiger partial charge is 0.119 e. The van der Waals surface area contributed by atoms with Gasteiger partial charge < -0.3 is 15.4 Å². The largest absolute Gasteiger partial charge is 0.497 e. The Bertz CT molecular complexity index is 438. The summed E-state index contributed by atoms with van der Waals surface area (Å²) in [4.78, 5) is 4.67. The number of benzene rings is 1. The Morgan fingerprint density at radius 2 is 1.85 bits per heavy atom. The highest BCUT2D eigenvalue weighted by molar-refractivity contribution is 5.82. The first-order valence-corrected chi connectivity index (χ1v) is 7.12. The molecule has 110 valence electrons. The molecule has 0 spiro atoms. The molecule has 1 atom stereocenters. The van der Waals surface area contributed by atoms with Crippen LogP contribution in [0.5, 0.6) is 5.75 Å². The van der Waals surface area contributed by atoms with Crippen LogP contribution in [0.1, 0.15) is 13.3 Å². The standard InChI is InChI=1S/C15H24N4O/c1-3-14(15(16)17)19-10-8-18(9-11-19)12-4-6-13(20-2)7-5-12/h4-7,14H,3,8-11H2,1-2H3,(H3,16,17). The van der Waals surface area contributed by atoms with E-state index in [-0.39, 0.29) is 11.9 Å². The van der Waals surface area contributed by atoms with Crippen molar-refractivity contribution in [1.29, 1.82) is 5.41 Å². The van der Waals surface area contributed by atoms with Gasteiger partial charge in [0, 0.05) is 31.9 Å². The number of piperazine rings is 1. The maximum Gasteiger partial charge on any atom is 0.119 e. The molecule has 20 heavy (non-hydrogen) atoms. The van der Waals surface area contributed by atoms with E-state index in [1.807, 2.05) is 12.1 Å². The molecule has 0 radical (unpaired) electrons. The van der Waals surface area contributed by atoms with E-state index >= 15 is 0 Å². The van der Waals surface area contributed by atoms with Crippen molar-refractivity contribution < 1.29 is 4.74 Å². The summed E-state index contributed by atoms with van der Waals surface area (Å²) >= 11 is 0. The normalized spacial score (nSPS) is 17.8. The fraction of sp³-hybridized carbons (Fsp3) is 0.533. The number of hydrogen-bond acceptors (Lipinski definition) is 4. The van der Waals surface area contributed by atoms with Crippen molar-refractivity contribution in [3.63, 3.8) is 0 Å². The number of methoxy groups -OCH3 is 1. The average Bonchev–Trinajstić information content (AvgIpc) is 2.48. The molecule has 1 aromatic rings. The van der Waals surface area contributed by atoms with Gasteiger partial charge in [0.15, 0.2) is 0 Å². The number of amidine groups is 1. The van der Waals surface area contributed by atoms with Gasteiger partial charge in [-0.05, 0) is 30.7 Å². The zero-order chi connectivity index (χ0) is 14.5. The molecule has 0 amide bonds. The molecule has 5 nitrogen and oxygen atoms in total. The van der Waals surface area contributed by atoms with Crippen molar-refractivity contribution in [1.82, 2.24) is 4.90 Å². The van der Waals surface area contributed by atoms with E-state index in [1.165, 1.54) is 5.69 Å². The molecular weight excluding hydrogens is 252 g/mol. The summed E-state index contributed by atoms with van der Waals surface area (Å²) < 4.78 is 5.18. The molecule has 0 bridgehead atoms. The Labute approximate surface area is 120 Å². The molecule has 0 aromatic heterocycles. The first-order valence-electron chi connectivity index (χ1n) is 7.12. The van der Waals surface area contributed by atoms with Gasteiger partial charge in [-0.2, -0.15) is 0 Å². The van der Waals surface area contributed by atoms with Crippen LogP contribution in [-0.2, 0) is 0 Å². The molecule has 3 N–H and O–H groups in total. The van der Waals surface area contributed by atoms with E-state index in [0.717, 1.165) is 38.3 Å². The highest BCUT2D eigenvalue weighted by atomic mass is 16.5. The Balaban J connectivity index is 1.94. The number of hydrogen-bond donors (Lipinski definition) is 2. The van der Waals surface area contributed by atoms with Crippen LogP contribution in [0.25, 0.3) is 0 Å². The maximum absolute atomic E-state index is 7.66. The Morgan fingerprint density at radius 1 is 1.25 bits per heavy atom. The molecule has 1 saturated heterocycles. The number of rotatable bonds is 5. The third-order valence-electron chi connectivity index (χ3n) is 3.94. The van der Waals surface area contributed by atoms with Gasteiger partial charge in [-0.15, -0.1) is 0 Å². The van der Waals surface area contributed by atoms with Gasteiger partial charge in [-0.3, -0.25) is 10.3 Å². The number of nitrogens with zero attached hydrogens (tertiary/aromatic N) is 2. The number of nitrogens with one attached hydrogen (secondary N) is 1. The molecule has 1 aliphatic heterocycles. The van der Waals surface area contributed by atoms with Crippen LogP contribution in [0.3, 0.4) is 0 Å². The molecule has 2 rings (SSSR count). The first kappa shape index (κ1) is 14.7. The summed E-state index contributed by atoms with van der Waals surface area (Å²) in [7, 11) is 1.68. The molecular formula is C15H24N4O. The predicted molar refractivity (Wildman–Crippen MR) is 82.8 cm³/mol. The van der Waals surface area contributed by atoms with Gasteiger partial charge in [-0.25, -0.2) is 0 Å². The summed E-state index contributed by atoms with van der Waals surface area (Å²) in [5.41, 5.74) is 6.89. The van der Waals surface area contributed by atoms with E-state index in [1.54, 1.807) is 7.11 Å². The van der Waals surface area contributed by atoms with Crippen LogP contribution in [0.2, 0.25) is 0 Å². The summed E-state index contributed by atoms with van der Waals surface area (Å²) in [6.45, 7) is 5.92. The van der Waals surface area contributed by atoms with Crippen LogP contribution >= 0.6 is 0 Å². The third-order valence-corrected chi connectivity index (χ3v) is 3.94. The topological polar surface area (TPSA) is 65.6 Å².